The van der Waals surface area contributed by atoms with Crippen LogP contribution in [0.15, 0.2) is 24.3 Å². The molecule has 1 aliphatic rings. The Kier molecular flexibility index (Phi) is 7.40. The molecule has 1 aromatic rings. The van der Waals surface area contributed by atoms with E-state index in [9.17, 15) is 4.79 Å². The summed E-state index contributed by atoms with van der Waals surface area (Å²) in [6.07, 6.45) is 5.95. The topological polar surface area (TPSA) is 41.6 Å². The monoisotopic (exact) mass is 318 g/mol. The van der Waals surface area contributed by atoms with Gasteiger partial charge in [0.05, 0.1) is 6.61 Å². The molecule has 1 unspecified atom stereocenters. The number of likely N-dealkylation sites (tertiary alicyclic amines) is 1. The highest BCUT2D eigenvalue weighted by molar-refractivity contribution is 5.72. The highest BCUT2D eigenvalue weighted by Gasteiger charge is 2.20. The number of rotatable bonds is 8. The summed E-state index contributed by atoms with van der Waals surface area (Å²) in [4.78, 5) is 13.4. The van der Waals surface area contributed by atoms with Crippen LogP contribution >= 0.6 is 0 Å². The Balaban J connectivity index is 1.88. The number of hydrogen-bond acceptors (Lipinski definition) is 3. The van der Waals surface area contributed by atoms with Crippen LogP contribution in [0, 0.1) is 0 Å². The van der Waals surface area contributed by atoms with Crippen molar-refractivity contribution in [2.45, 2.75) is 52.0 Å². The van der Waals surface area contributed by atoms with Crippen LogP contribution in [0.2, 0.25) is 0 Å². The second-order valence-corrected chi connectivity index (χ2v) is 6.28. The maximum Gasteiger partial charge on any atom is 0.216 e. The Bertz CT molecular complexity index is 484. The molecular weight excluding hydrogens is 288 g/mol. The minimum absolute atomic E-state index is 0.0133. The maximum absolute atomic E-state index is 10.8. The quantitative estimate of drug-likeness (QED) is 0.746. The van der Waals surface area contributed by atoms with E-state index in [2.05, 4.69) is 35.3 Å². The van der Waals surface area contributed by atoms with E-state index in [-0.39, 0.29) is 5.91 Å². The fourth-order valence-corrected chi connectivity index (χ4v) is 3.27. The van der Waals surface area contributed by atoms with Crippen LogP contribution in [0.25, 0.3) is 0 Å². The van der Waals surface area contributed by atoms with Crippen LogP contribution in [0.4, 0.5) is 0 Å². The van der Waals surface area contributed by atoms with Gasteiger partial charge in [0.2, 0.25) is 5.91 Å². The molecule has 1 N–H and O–H groups in total. The predicted octanol–water partition coefficient (Wildman–Crippen LogP) is 3.53. The molecule has 4 nitrogen and oxygen atoms in total. The van der Waals surface area contributed by atoms with Crippen molar-refractivity contribution in [3.63, 3.8) is 0 Å². The zero-order chi connectivity index (χ0) is 16.5. The summed E-state index contributed by atoms with van der Waals surface area (Å²) >= 11 is 0. The van der Waals surface area contributed by atoms with E-state index < -0.39 is 0 Å². The zero-order valence-corrected chi connectivity index (χ0v) is 14.5. The minimum Gasteiger partial charge on any atom is -0.494 e. The summed E-state index contributed by atoms with van der Waals surface area (Å²) in [5.41, 5.74) is 1.36. The van der Waals surface area contributed by atoms with Gasteiger partial charge in [-0.1, -0.05) is 25.5 Å². The molecule has 0 aromatic heterocycles. The van der Waals surface area contributed by atoms with Gasteiger partial charge in [0.25, 0.3) is 0 Å². The van der Waals surface area contributed by atoms with Crippen LogP contribution in [0.3, 0.4) is 0 Å². The molecule has 0 bridgehead atoms. The van der Waals surface area contributed by atoms with Gasteiger partial charge >= 0.3 is 0 Å². The molecule has 1 fully saturated rings. The molecule has 2 rings (SSSR count). The summed E-state index contributed by atoms with van der Waals surface area (Å²) in [6.45, 7) is 7.52. The molecule has 1 heterocycles. The molecule has 4 heteroatoms. The minimum atomic E-state index is 0.0133. The first-order valence-electron chi connectivity index (χ1n) is 8.92. The molecule has 1 aromatic carbocycles. The third-order valence-electron chi connectivity index (χ3n) is 4.42. The predicted molar refractivity (Wildman–Crippen MR) is 93.7 cm³/mol. The number of nitrogens with zero attached hydrogens (tertiary/aromatic N) is 1. The number of hydrogen-bond donors (Lipinski definition) is 1. The summed E-state index contributed by atoms with van der Waals surface area (Å²) in [6, 6.07) is 9.00. The van der Waals surface area contributed by atoms with Crippen molar-refractivity contribution in [3.8, 4) is 5.75 Å². The van der Waals surface area contributed by atoms with Gasteiger partial charge in [-0.15, -0.1) is 0 Å². The second-order valence-electron chi connectivity index (χ2n) is 6.28. The first kappa shape index (κ1) is 17.8. The smallest absolute Gasteiger partial charge is 0.216 e. The van der Waals surface area contributed by atoms with E-state index in [4.69, 9.17) is 4.74 Å². The normalized spacial score (nSPS) is 16.8. The summed E-state index contributed by atoms with van der Waals surface area (Å²) in [7, 11) is 0. The van der Waals surface area contributed by atoms with Crippen molar-refractivity contribution in [1.82, 2.24) is 10.2 Å². The summed E-state index contributed by atoms with van der Waals surface area (Å²) < 4.78 is 5.84. The van der Waals surface area contributed by atoms with E-state index in [0.29, 0.717) is 19.2 Å². The lowest BCUT2D eigenvalue weighted by Crippen LogP contribution is -2.33. The van der Waals surface area contributed by atoms with Crippen LogP contribution in [0.5, 0.6) is 5.75 Å². The van der Waals surface area contributed by atoms with Crippen molar-refractivity contribution < 1.29 is 9.53 Å². The van der Waals surface area contributed by atoms with Gasteiger partial charge in [-0.2, -0.15) is 0 Å². The number of carbonyl (C=O) groups excluding carboxylic acids is 1. The van der Waals surface area contributed by atoms with Crippen LogP contribution < -0.4 is 10.1 Å². The third-order valence-corrected chi connectivity index (χ3v) is 4.42. The number of nitrogens with one attached hydrogen (secondary N) is 1. The lowest BCUT2D eigenvalue weighted by molar-refractivity contribution is -0.118. The van der Waals surface area contributed by atoms with Gasteiger partial charge in [-0.25, -0.2) is 0 Å². The maximum atomic E-state index is 10.8. The molecule has 1 amide bonds. The molecule has 0 saturated carbocycles. The van der Waals surface area contributed by atoms with Crippen LogP contribution in [-0.2, 0) is 4.79 Å². The first-order chi connectivity index (χ1) is 11.2. The van der Waals surface area contributed by atoms with Crippen molar-refractivity contribution in [3.05, 3.63) is 29.8 Å². The highest BCUT2D eigenvalue weighted by Crippen LogP contribution is 2.29. The van der Waals surface area contributed by atoms with Crippen molar-refractivity contribution in [2.75, 3.05) is 26.2 Å². The Labute approximate surface area is 140 Å². The van der Waals surface area contributed by atoms with Gasteiger partial charge in [0.15, 0.2) is 0 Å². The number of benzene rings is 1. The van der Waals surface area contributed by atoms with Crippen molar-refractivity contribution in [2.24, 2.45) is 0 Å². The Morgan fingerprint density at radius 2 is 2.09 bits per heavy atom. The number of carbonyl (C=O) groups is 1. The highest BCUT2D eigenvalue weighted by atomic mass is 16.5. The summed E-state index contributed by atoms with van der Waals surface area (Å²) in [5.74, 6) is 0.945. The van der Waals surface area contributed by atoms with Gasteiger partial charge in [0.1, 0.15) is 5.75 Å². The van der Waals surface area contributed by atoms with Gasteiger partial charge in [0, 0.05) is 19.5 Å². The molecule has 0 radical (unpaired) electrons. The molecule has 23 heavy (non-hydrogen) atoms. The molecule has 1 saturated heterocycles. The average molecular weight is 318 g/mol. The van der Waals surface area contributed by atoms with E-state index in [1.807, 2.05) is 6.07 Å². The van der Waals surface area contributed by atoms with Gasteiger partial charge in [-0.3, -0.25) is 9.69 Å². The molecule has 0 spiro atoms. The zero-order valence-electron chi connectivity index (χ0n) is 14.5. The van der Waals surface area contributed by atoms with Crippen LogP contribution in [-0.4, -0.2) is 37.0 Å². The second kappa shape index (κ2) is 9.56. The molecular formula is C19H30N2O2. The molecule has 128 valence electrons. The van der Waals surface area contributed by atoms with E-state index in [1.54, 1.807) is 0 Å². The van der Waals surface area contributed by atoms with E-state index in [1.165, 1.54) is 44.8 Å². The lowest BCUT2D eigenvalue weighted by Gasteiger charge is -2.34. The Morgan fingerprint density at radius 3 is 2.78 bits per heavy atom. The fourth-order valence-electron chi connectivity index (χ4n) is 3.27. The van der Waals surface area contributed by atoms with Crippen LogP contribution in [0.1, 0.15) is 57.6 Å². The van der Waals surface area contributed by atoms with E-state index >= 15 is 0 Å². The number of piperidine rings is 1. The lowest BCUT2D eigenvalue weighted by atomic mass is 9.99. The fraction of sp³-hybridized carbons (Fsp3) is 0.632. The molecule has 1 atom stereocenters. The van der Waals surface area contributed by atoms with E-state index in [0.717, 1.165) is 18.6 Å². The SMILES string of the molecule is CCC(c1cccc(OCCCNC(C)=O)c1)N1CCCCC1. The average Bonchev–Trinajstić information content (AvgIpc) is 2.56. The number of ether oxygens (including phenoxy) is 1. The third kappa shape index (κ3) is 5.87. The van der Waals surface area contributed by atoms with Crippen molar-refractivity contribution >= 4 is 5.91 Å². The first-order valence-corrected chi connectivity index (χ1v) is 8.92. The summed E-state index contributed by atoms with van der Waals surface area (Å²) in [5, 5.41) is 2.79. The van der Waals surface area contributed by atoms with Gasteiger partial charge < -0.3 is 10.1 Å². The largest absolute Gasteiger partial charge is 0.494 e. The van der Waals surface area contributed by atoms with Crippen molar-refractivity contribution in [1.29, 1.82) is 0 Å². The molecule has 1 aliphatic heterocycles. The molecule has 0 aliphatic carbocycles. The Hall–Kier alpha value is -1.55. The van der Waals surface area contributed by atoms with Gasteiger partial charge in [-0.05, 0) is 56.5 Å². The Morgan fingerprint density at radius 1 is 1.30 bits per heavy atom. The standard InChI is InChI=1S/C19H30N2O2/c1-3-19(21-12-5-4-6-13-21)17-9-7-10-18(15-17)23-14-8-11-20-16(2)22/h7,9-10,15,19H,3-6,8,11-14H2,1-2H3,(H,20,22). The number of amides is 1.